The molecular weight excluding hydrogens is 328 g/mol. The van der Waals surface area contributed by atoms with Crippen LogP contribution in [0.4, 0.5) is 0 Å². The zero-order valence-corrected chi connectivity index (χ0v) is 11.0. The predicted octanol–water partition coefficient (Wildman–Crippen LogP) is 3.32. The van der Waals surface area contributed by atoms with Crippen LogP contribution in [0.5, 0.6) is 5.75 Å². The lowest BCUT2D eigenvalue weighted by atomic mass is 10.2. The maximum atomic E-state index is 10.4. The monoisotopic (exact) mass is 334 g/mol. The normalized spacial score (nSPS) is 10.6. The van der Waals surface area contributed by atoms with Crippen molar-refractivity contribution >= 4 is 43.9 Å². The largest absolute Gasteiger partial charge is 0.495 e. The van der Waals surface area contributed by atoms with E-state index in [1.807, 2.05) is 12.1 Å². The Labute approximate surface area is 104 Å². The first kappa shape index (κ1) is 12.3. The lowest BCUT2D eigenvalue weighted by Gasteiger charge is -2.08. The average Bonchev–Trinajstić information content (AvgIpc) is 2.19. The second kappa shape index (κ2) is 5.32. The zero-order valence-electron chi connectivity index (χ0n) is 7.83. The molecule has 0 aromatic heterocycles. The number of rotatable bonds is 3. The van der Waals surface area contributed by atoms with Crippen molar-refractivity contribution in [3.63, 3.8) is 0 Å². The number of ether oxygens (including phenoxy) is 1. The number of carbonyl (C=O) groups is 1. The number of carboxylic acids is 1. The molecule has 1 rings (SSSR count). The second-order valence-corrected chi connectivity index (χ2v) is 4.36. The van der Waals surface area contributed by atoms with Crippen LogP contribution in [0.2, 0.25) is 0 Å². The molecule has 0 unspecified atom stereocenters. The minimum atomic E-state index is -0.996. The molecule has 0 atom stereocenters. The van der Waals surface area contributed by atoms with Gasteiger partial charge in [-0.3, -0.25) is 0 Å². The van der Waals surface area contributed by atoms with Crippen molar-refractivity contribution in [2.45, 2.75) is 0 Å². The number of halogens is 2. The molecule has 0 bridgehead atoms. The van der Waals surface area contributed by atoms with Gasteiger partial charge in [0.05, 0.1) is 11.6 Å². The number of aliphatic carboxylic acids is 1. The highest BCUT2D eigenvalue weighted by Gasteiger charge is 2.08. The Morgan fingerprint density at radius 3 is 2.53 bits per heavy atom. The lowest BCUT2D eigenvalue weighted by Crippen LogP contribution is -1.91. The smallest absolute Gasteiger partial charge is 0.328 e. The van der Waals surface area contributed by atoms with E-state index in [2.05, 4.69) is 31.9 Å². The van der Waals surface area contributed by atoms with Gasteiger partial charge in [0.2, 0.25) is 0 Å². The molecule has 0 aliphatic rings. The maximum absolute atomic E-state index is 10.4. The molecule has 0 fully saturated rings. The molecule has 0 saturated carbocycles. The van der Waals surface area contributed by atoms with Crippen LogP contribution in [-0.2, 0) is 4.79 Å². The fraction of sp³-hybridized carbons (Fsp3) is 0.100. The van der Waals surface area contributed by atoms with Crippen molar-refractivity contribution in [3.8, 4) is 5.75 Å². The van der Waals surface area contributed by atoms with Crippen LogP contribution in [0.3, 0.4) is 0 Å². The van der Waals surface area contributed by atoms with Crippen molar-refractivity contribution in [1.82, 2.24) is 0 Å². The minimum absolute atomic E-state index is 0.599. The molecule has 1 aromatic rings. The summed E-state index contributed by atoms with van der Waals surface area (Å²) in [6, 6.07) is 3.63. The molecule has 0 radical (unpaired) electrons. The molecule has 80 valence electrons. The highest BCUT2D eigenvalue weighted by Crippen LogP contribution is 2.35. The topological polar surface area (TPSA) is 46.5 Å². The van der Waals surface area contributed by atoms with Crippen LogP contribution in [0.25, 0.3) is 6.08 Å². The van der Waals surface area contributed by atoms with Gasteiger partial charge < -0.3 is 9.84 Å². The minimum Gasteiger partial charge on any atom is -0.495 e. The van der Waals surface area contributed by atoms with Crippen molar-refractivity contribution in [2.24, 2.45) is 0 Å². The predicted molar refractivity (Wildman–Crippen MR) is 65.1 cm³/mol. The first-order valence-corrected chi connectivity index (χ1v) is 5.58. The summed E-state index contributed by atoms with van der Waals surface area (Å²) in [6.07, 6.45) is 2.55. The van der Waals surface area contributed by atoms with Gasteiger partial charge in [-0.1, -0.05) is 15.9 Å². The first-order valence-electron chi connectivity index (χ1n) is 3.99. The Balaban J connectivity index is 3.25. The number of carboxylic acid groups (broad SMARTS) is 1. The third-order valence-electron chi connectivity index (χ3n) is 1.69. The number of hydrogen-bond acceptors (Lipinski definition) is 2. The fourth-order valence-corrected chi connectivity index (χ4v) is 2.02. The van der Waals surface area contributed by atoms with Crippen LogP contribution in [0, 0.1) is 0 Å². The Hall–Kier alpha value is -0.810. The highest BCUT2D eigenvalue weighted by atomic mass is 79.9. The van der Waals surface area contributed by atoms with E-state index in [-0.39, 0.29) is 0 Å². The molecule has 0 aliphatic carbocycles. The van der Waals surface area contributed by atoms with Crippen LogP contribution in [0.1, 0.15) is 5.56 Å². The third-order valence-corrected chi connectivity index (χ3v) is 3.01. The standard InChI is InChI=1S/C10H8Br2O3/c1-15-10-6(2-5-9(13)14)7(11)3-4-8(10)12/h2-5H,1H3,(H,13,14)/b5-2+. The number of hydrogen-bond donors (Lipinski definition) is 1. The molecule has 1 aromatic carbocycles. The van der Waals surface area contributed by atoms with Gasteiger partial charge >= 0.3 is 5.97 Å². The Kier molecular flexibility index (Phi) is 4.35. The Bertz CT molecular complexity index is 413. The van der Waals surface area contributed by atoms with E-state index in [4.69, 9.17) is 9.84 Å². The lowest BCUT2D eigenvalue weighted by molar-refractivity contribution is -0.131. The van der Waals surface area contributed by atoms with Crippen molar-refractivity contribution in [2.75, 3.05) is 7.11 Å². The summed E-state index contributed by atoms with van der Waals surface area (Å²) < 4.78 is 6.72. The van der Waals surface area contributed by atoms with E-state index >= 15 is 0 Å². The summed E-state index contributed by atoms with van der Waals surface area (Å²) in [5.41, 5.74) is 0.689. The van der Waals surface area contributed by atoms with Gasteiger partial charge in [-0.25, -0.2) is 4.79 Å². The molecule has 15 heavy (non-hydrogen) atoms. The van der Waals surface area contributed by atoms with E-state index < -0.39 is 5.97 Å². The van der Waals surface area contributed by atoms with Crippen molar-refractivity contribution in [3.05, 3.63) is 32.7 Å². The zero-order chi connectivity index (χ0) is 11.4. The summed E-state index contributed by atoms with van der Waals surface area (Å²) in [4.78, 5) is 10.4. The van der Waals surface area contributed by atoms with Gasteiger partial charge in [-0.2, -0.15) is 0 Å². The van der Waals surface area contributed by atoms with Gasteiger partial charge in [0.25, 0.3) is 0 Å². The summed E-state index contributed by atoms with van der Waals surface area (Å²) in [6.45, 7) is 0. The first-order chi connectivity index (χ1) is 7.06. The van der Waals surface area contributed by atoms with Gasteiger partial charge in [-0.05, 0) is 34.1 Å². The van der Waals surface area contributed by atoms with Crippen molar-refractivity contribution in [1.29, 1.82) is 0 Å². The summed E-state index contributed by atoms with van der Waals surface area (Å²) in [5.74, 6) is -0.397. The summed E-state index contributed by atoms with van der Waals surface area (Å²) in [5, 5.41) is 8.54. The van der Waals surface area contributed by atoms with Gasteiger partial charge in [-0.15, -0.1) is 0 Å². The van der Waals surface area contributed by atoms with E-state index in [0.717, 1.165) is 15.0 Å². The molecule has 0 aliphatic heterocycles. The molecular formula is C10H8Br2O3. The molecule has 0 amide bonds. The van der Waals surface area contributed by atoms with E-state index in [0.29, 0.717) is 11.3 Å². The molecule has 0 saturated heterocycles. The number of methoxy groups -OCH3 is 1. The Morgan fingerprint density at radius 2 is 2.00 bits per heavy atom. The van der Waals surface area contributed by atoms with Crippen LogP contribution >= 0.6 is 31.9 Å². The Morgan fingerprint density at radius 1 is 1.40 bits per heavy atom. The molecule has 3 nitrogen and oxygen atoms in total. The van der Waals surface area contributed by atoms with Crippen LogP contribution < -0.4 is 4.74 Å². The second-order valence-electron chi connectivity index (χ2n) is 2.65. The van der Waals surface area contributed by atoms with E-state index in [1.54, 1.807) is 0 Å². The number of benzene rings is 1. The summed E-state index contributed by atoms with van der Waals surface area (Å²) in [7, 11) is 1.53. The van der Waals surface area contributed by atoms with Crippen LogP contribution in [0.15, 0.2) is 27.2 Å². The maximum Gasteiger partial charge on any atom is 0.328 e. The van der Waals surface area contributed by atoms with E-state index in [1.165, 1.54) is 13.2 Å². The fourth-order valence-electron chi connectivity index (χ4n) is 1.07. The molecule has 0 heterocycles. The summed E-state index contributed by atoms with van der Waals surface area (Å²) >= 11 is 6.65. The molecule has 1 N–H and O–H groups in total. The van der Waals surface area contributed by atoms with Gasteiger partial charge in [0, 0.05) is 16.1 Å². The molecule has 5 heteroatoms. The average molecular weight is 336 g/mol. The highest BCUT2D eigenvalue weighted by molar-refractivity contribution is 9.11. The SMILES string of the molecule is COc1c(Br)ccc(Br)c1/C=C/C(=O)O. The quantitative estimate of drug-likeness (QED) is 0.862. The third kappa shape index (κ3) is 3.07. The van der Waals surface area contributed by atoms with E-state index in [9.17, 15) is 4.79 Å². The van der Waals surface area contributed by atoms with Gasteiger partial charge in [0.15, 0.2) is 0 Å². The molecule has 0 spiro atoms. The van der Waals surface area contributed by atoms with Crippen LogP contribution in [-0.4, -0.2) is 18.2 Å². The van der Waals surface area contributed by atoms with Gasteiger partial charge in [0.1, 0.15) is 5.75 Å². The van der Waals surface area contributed by atoms with Crippen molar-refractivity contribution < 1.29 is 14.6 Å².